The lowest BCUT2D eigenvalue weighted by atomic mass is 10.2. The van der Waals surface area contributed by atoms with E-state index < -0.39 is 0 Å². The van der Waals surface area contributed by atoms with Crippen LogP contribution in [-0.4, -0.2) is 84.0 Å². The highest BCUT2D eigenvalue weighted by Crippen LogP contribution is 2.32. The molecule has 1 aliphatic carbocycles. The van der Waals surface area contributed by atoms with Gasteiger partial charge in [0.1, 0.15) is 23.5 Å². The van der Waals surface area contributed by atoms with E-state index in [-0.39, 0.29) is 23.3 Å². The molecule has 0 unspecified atom stereocenters. The Bertz CT molecular complexity index is 1910. The Labute approximate surface area is 246 Å². The topological polar surface area (TPSA) is 136 Å². The van der Waals surface area contributed by atoms with Crippen LogP contribution in [0.25, 0.3) is 33.6 Å². The SMILES string of the molecule is CCCn1c(=O)n(C2CC2)c(=O)c2[nH]c(-c3ccc(N(CCN4CCOCC4)C(=O)n4cnc5ccccc54)nc3)nc21. The van der Waals surface area contributed by atoms with Crippen LogP contribution < -0.4 is 16.1 Å². The molecule has 1 saturated heterocycles. The first kappa shape index (κ1) is 27.2. The Morgan fingerprint density at radius 1 is 1.07 bits per heavy atom. The van der Waals surface area contributed by atoms with Crippen molar-refractivity contribution in [3.63, 3.8) is 0 Å². The van der Waals surface area contributed by atoms with Crippen LogP contribution in [-0.2, 0) is 11.3 Å². The largest absolute Gasteiger partial charge is 0.379 e. The number of nitrogens with one attached hydrogen (secondary N) is 1. The molecule has 7 rings (SSSR count). The quantitative estimate of drug-likeness (QED) is 0.295. The minimum Gasteiger partial charge on any atom is -0.379 e. The number of pyridine rings is 1. The number of anilines is 1. The monoisotopic (exact) mass is 583 g/mol. The Morgan fingerprint density at radius 3 is 2.63 bits per heavy atom. The molecule has 13 heteroatoms. The summed E-state index contributed by atoms with van der Waals surface area (Å²) in [7, 11) is 0. The Hall–Kier alpha value is -4.62. The van der Waals surface area contributed by atoms with Crippen molar-refractivity contribution in [1.29, 1.82) is 0 Å². The number of rotatable bonds is 8. The molecule has 5 heterocycles. The summed E-state index contributed by atoms with van der Waals surface area (Å²) in [4.78, 5) is 61.1. The third-order valence-electron chi connectivity index (χ3n) is 8.10. The van der Waals surface area contributed by atoms with E-state index in [0.29, 0.717) is 61.2 Å². The van der Waals surface area contributed by atoms with Crippen molar-refractivity contribution in [2.24, 2.45) is 0 Å². The van der Waals surface area contributed by atoms with Gasteiger partial charge in [0, 0.05) is 50.5 Å². The second-order valence-electron chi connectivity index (χ2n) is 11.0. The summed E-state index contributed by atoms with van der Waals surface area (Å²) in [6.45, 7) is 6.49. The molecule has 4 aromatic heterocycles. The number of H-pyrrole nitrogens is 1. The fourth-order valence-corrected chi connectivity index (χ4v) is 5.65. The molecule has 1 saturated carbocycles. The van der Waals surface area contributed by atoms with Gasteiger partial charge in [0.05, 0.1) is 24.2 Å². The maximum Gasteiger partial charge on any atom is 0.335 e. The van der Waals surface area contributed by atoms with Crippen molar-refractivity contribution in [1.82, 2.24) is 38.5 Å². The average Bonchev–Trinajstić information content (AvgIpc) is 3.61. The van der Waals surface area contributed by atoms with E-state index in [1.54, 1.807) is 32.6 Å². The number of imidazole rings is 2. The van der Waals surface area contributed by atoms with Gasteiger partial charge in [-0.15, -0.1) is 0 Å². The van der Waals surface area contributed by atoms with Crippen LogP contribution in [0.2, 0.25) is 0 Å². The zero-order chi connectivity index (χ0) is 29.5. The number of benzene rings is 1. The van der Waals surface area contributed by atoms with Crippen molar-refractivity contribution >= 4 is 34.0 Å². The predicted molar refractivity (Wildman–Crippen MR) is 162 cm³/mol. The average molecular weight is 584 g/mol. The lowest BCUT2D eigenvalue weighted by molar-refractivity contribution is 0.0393. The molecule has 0 bridgehead atoms. The molecule has 0 atom stereocenters. The summed E-state index contributed by atoms with van der Waals surface area (Å²) in [6.07, 6.45) is 5.57. The first-order valence-corrected chi connectivity index (χ1v) is 14.8. The Balaban J connectivity index is 1.23. The number of carbonyl (C=O) groups excluding carboxylic acids is 1. The van der Waals surface area contributed by atoms with Gasteiger partial charge < -0.3 is 9.72 Å². The number of amides is 1. The van der Waals surface area contributed by atoms with Crippen LogP contribution in [0.5, 0.6) is 0 Å². The number of aromatic nitrogens is 7. The summed E-state index contributed by atoms with van der Waals surface area (Å²) in [5.74, 6) is 0.922. The van der Waals surface area contributed by atoms with Gasteiger partial charge in [-0.1, -0.05) is 19.1 Å². The molecule has 1 aromatic carbocycles. The van der Waals surface area contributed by atoms with E-state index >= 15 is 0 Å². The Kier molecular flexibility index (Phi) is 7.11. The molecule has 1 aliphatic heterocycles. The number of para-hydroxylation sites is 2. The number of ether oxygens (including phenoxy) is 1. The number of carbonyl (C=O) groups is 1. The highest BCUT2D eigenvalue weighted by molar-refractivity contribution is 5.98. The molecule has 2 fully saturated rings. The van der Waals surface area contributed by atoms with Gasteiger partial charge in [0.15, 0.2) is 5.65 Å². The van der Waals surface area contributed by atoms with Crippen LogP contribution in [0.15, 0.2) is 58.5 Å². The van der Waals surface area contributed by atoms with Gasteiger partial charge in [-0.3, -0.25) is 28.3 Å². The fraction of sp³-hybridized carbons (Fsp3) is 0.400. The Morgan fingerprint density at radius 2 is 1.88 bits per heavy atom. The molecule has 43 heavy (non-hydrogen) atoms. The van der Waals surface area contributed by atoms with E-state index in [1.165, 1.54) is 4.57 Å². The number of morpholine rings is 1. The van der Waals surface area contributed by atoms with Crippen molar-refractivity contribution in [2.45, 2.75) is 38.8 Å². The molecule has 1 amide bonds. The molecule has 1 N–H and O–H groups in total. The van der Waals surface area contributed by atoms with Gasteiger partial charge >= 0.3 is 11.7 Å². The highest BCUT2D eigenvalue weighted by Gasteiger charge is 2.30. The minimum atomic E-state index is -0.342. The minimum absolute atomic E-state index is 0.0474. The maximum atomic E-state index is 13.9. The highest BCUT2D eigenvalue weighted by atomic mass is 16.5. The second-order valence-corrected chi connectivity index (χ2v) is 11.0. The summed E-state index contributed by atoms with van der Waals surface area (Å²) in [5.41, 5.74) is 2.11. The zero-order valence-corrected chi connectivity index (χ0v) is 24.0. The summed E-state index contributed by atoms with van der Waals surface area (Å²) in [5, 5.41) is 0. The molecular formula is C30H33N9O4. The number of aromatic amines is 1. The number of fused-ring (bicyclic) bond motifs is 2. The van der Waals surface area contributed by atoms with E-state index in [4.69, 9.17) is 4.74 Å². The first-order chi connectivity index (χ1) is 21.0. The molecule has 5 aromatic rings. The van der Waals surface area contributed by atoms with Crippen molar-refractivity contribution < 1.29 is 9.53 Å². The molecule has 13 nitrogen and oxygen atoms in total. The van der Waals surface area contributed by atoms with Crippen molar-refractivity contribution in [3.05, 3.63) is 69.8 Å². The molecule has 222 valence electrons. The second kappa shape index (κ2) is 11.2. The van der Waals surface area contributed by atoms with Crippen molar-refractivity contribution in [2.75, 3.05) is 44.3 Å². The predicted octanol–water partition coefficient (Wildman–Crippen LogP) is 2.85. The number of nitrogens with zero attached hydrogens (tertiary/aromatic N) is 8. The molecular weight excluding hydrogens is 550 g/mol. The number of aryl methyl sites for hydroxylation is 1. The smallest absolute Gasteiger partial charge is 0.335 e. The van der Waals surface area contributed by atoms with Crippen LogP contribution in [0.1, 0.15) is 32.2 Å². The van der Waals surface area contributed by atoms with Crippen LogP contribution in [0.4, 0.5) is 10.6 Å². The van der Waals surface area contributed by atoms with Gasteiger partial charge in [0.25, 0.3) is 5.56 Å². The van der Waals surface area contributed by atoms with Gasteiger partial charge in [-0.05, 0) is 43.5 Å². The molecule has 0 spiro atoms. The van der Waals surface area contributed by atoms with E-state index in [9.17, 15) is 14.4 Å². The zero-order valence-electron chi connectivity index (χ0n) is 24.0. The lowest BCUT2D eigenvalue weighted by Gasteiger charge is -2.29. The van der Waals surface area contributed by atoms with Crippen LogP contribution in [0, 0.1) is 0 Å². The summed E-state index contributed by atoms with van der Waals surface area (Å²) in [6, 6.07) is 10.8. The third-order valence-corrected chi connectivity index (χ3v) is 8.10. The molecule has 2 aliphatic rings. The van der Waals surface area contributed by atoms with E-state index in [1.807, 2.05) is 37.3 Å². The van der Waals surface area contributed by atoms with E-state index in [0.717, 1.165) is 43.4 Å². The standard InChI is InChI=1S/C30H33N9O4/c1-2-11-37-27-25(28(40)39(30(37)42)21-8-9-21)33-26(34-27)20-7-10-24(31-18-20)36(13-12-35-14-16-43-17-15-35)29(41)38-19-32-22-5-3-4-6-23(22)38/h3-7,10,18-19,21H,2,8-9,11-17H2,1H3,(H,33,34). The number of hydrogen-bond donors (Lipinski definition) is 1. The van der Waals surface area contributed by atoms with Gasteiger partial charge in [-0.25, -0.2) is 24.5 Å². The normalized spacial score (nSPS) is 15.8. The van der Waals surface area contributed by atoms with Crippen molar-refractivity contribution in [3.8, 4) is 11.4 Å². The van der Waals surface area contributed by atoms with E-state index in [2.05, 4.69) is 24.8 Å². The maximum absolute atomic E-state index is 13.9. The van der Waals surface area contributed by atoms with Crippen LogP contribution in [0.3, 0.4) is 0 Å². The summed E-state index contributed by atoms with van der Waals surface area (Å²) < 4.78 is 9.97. The lowest BCUT2D eigenvalue weighted by Crippen LogP contribution is -2.44. The fourth-order valence-electron chi connectivity index (χ4n) is 5.65. The third kappa shape index (κ3) is 5.04. The van der Waals surface area contributed by atoms with Gasteiger partial charge in [-0.2, -0.15) is 0 Å². The number of hydrogen-bond acceptors (Lipinski definition) is 8. The first-order valence-electron chi connectivity index (χ1n) is 14.8. The van der Waals surface area contributed by atoms with Gasteiger partial charge in [0.2, 0.25) is 0 Å². The summed E-state index contributed by atoms with van der Waals surface area (Å²) >= 11 is 0. The molecule has 0 radical (unpaired) electrons. The van der Waals surface area contributed by atoms with Crippen LogP contribution >= 0.6 is 0 Å².